The van der Waals surface area contributed by atoms with Crippen molar-refractivity contribution in [3.8, 4) is 0 Å². The first kappa shape index (κ1) is 16.6. The first-order valence-electron chi connectivity index (χ1n) is 6.83. The van der Waals surface area contributed by atoms with E-state index in [1.165, 1.54) is 0 Å². The minimum Gasteiger partial charge on any atom is -0.382 e. The van der Waals surface area contributed by atoms with Crippen LogP contribution in [0.4, 0.5) is 5.69 Å². The predicted octanol–water partition coefficient (Wildman–Crippen LogP) is 1.92. The van der Waals surface area contributed by atoms with Crippen molar-refractivity contribution >= 4 is 11.6 Å². The number of benzene rings is 1. The molecular formula is C15H24N2O3. The van der Waals surface area contributed by atoms with Crippen LogP contribution in [0.5, 0.6) is 0 Å². The standard InChI is InChI=1S/C15H24N2O3/c1-12(16)6-7-15(18)17-14-5-3-4-13(10-14)11-20-9-8-19-2/h3-5,10,12H,6-9,11,16H2,1-2H3,(H,17,18). The number of ether oxygens (including phenoxy) is 2. The Morgan fingerprint density at radius 3 is 2.90 bits per heavy atom. The first-order valence-corrected chi connectivity index (χ1v) is 6.83. The number of hydrogen-bond acceptors (Lipinski definition) is 4. The summed E-state index contributed by atoms with van der Waals surface area (Å²) in [7, 11) is 1.64. The topological polar surface area (TPSA) is 73.6 Å². The van der Waals surface area contributed by atoms with Crippen molar-refractivity contribution in [1.82, 2.24) is 0 Å². The Morgan fingerprint density at radius 2 is 2.20 bits per heavy atom. The molecule has 0 bridgehead atoms. The van der Waals surface area contributed by atoms with Gasteiger partial charge in [0.15, 0.2) is 0 Å². The quantitative estimate of drug-likeness (QED) is 0.678. The van der Waals surface area contributed by atoms with E-state index in [2.05, 4.69) is 5.32 Å². The van der Waals surface area contributed by atoms with E-state index in [0.29, 0.717) is 32.7 Å². The van der Waals surface area contributed by atoms with Crippen molar-refractivity contribution < 1.29 is 14.3 Å². The Hall–Kier alpha value is -1.43. The zero-order valence-corrected chi connectivity index (χ0v) is 12.2. The summed E-state index contributed by atoms with van der Waals surface area (Å²) in [5.41, 5.74) is 7.44. The zero-order chi connectivity index (χ0) is 14.8. The number of nitrogens with one attached hydrogen (secondary N) is 1. The molecule has 112 valence electrons. The number of rotatable bonds is 9. The molecule has 20 heavy (non-hydrogen) atoms. The van der Waals surface area contributed by atoms with Crippen molar-refractivity contribution in [3.63, 3.8) is 0 Å². The smallest absolute Gasteiger partial charge is 0.224 e. The Kier molecular flexibility index (Phi) is 7.87. The van der Waals surface area contributed by atoms with Gasteiger partial charge in [-0.15, -0.1) is 0 Å². The number of amides is 1. The van der Waals surface area contributed by atoms with Crippen LogP contribution in [0.25, 0.3) is 0 Å². The van der Waals surface area contributed by atoms with Gasteiger partial charge in [0.25, 0.3) is 0 Å². The van der Waals surface area contributed by atoms with Gasteiger partial charge in [-0.2, -0.15) is 0 Å². The second-order valence-corrected chi connectivity index (χ2v) is 4.81. The Morgan fingerprint density at radius 1 is 1.40 bits per heavy atom. The van der Waals surface area contributed by atoms with Crippen molar-refractivity contribution in [3.05, 3.63) is 29.8 Å². The Balaban J connectivity index is 2.40. The normalized spacial score (nSPS) is 12.2. The van der Waals surface area contributed by atoms with Crippen LogP contribution in [-0.4, -0.2) is 32.3 Å². The predicted molar refractivity (Wildman–Crippen MR) is 79.5 cm³/mol. The van der Waals surface area contributed by atoms with Gasteiger partial charge >= 0.3 is 0 Å². The Bertz CT molecular complexity index is 408. The highest BCUT2D eigenvalue weighted by Gasteiger charge is 2.04. The highest BCUT2D eigenvalue weighted by atomic mass is 16.5. The fourth-order valence-electron chi connectivity index (χ4n) is 1.65. The first-order chi connectivity index (χ1) is 9.61. The van der Waals surface area contributed by atoms with E-state index in [4.69, 9.17) is 15.2 Å². The molecule has 0 aromatic heterocycles. The van der Waals surface area contributed by atoms with Gasteiger partial charge in [-0.25, -0.2) is 0 Å². The molecule has 0 fully saturated rings. The molecule has 1 rings (SSSR count). The summed E-state index contributed by atoms with van der Waals surface area (Å²) >= 11 is 0. The largest absolute Gasteiger partial charge is 0.382 e. The number of carbonyl (C=O) groups is 1. The van der Waals surface area contributed by atoms with Gasteiger partial charge < -0.3 is 20.5 Å². The van der Waals surface area contributed by atoms with Crippen LogP contribution in [0, 0.1) is 0 Å². The van der Waals surface area contributed by atoms with Crippen LogP contribution >= 0.6 is 0 Å². The SMILES string of the molecule is COCCOCc1cccc(NC(=O)CCC(C)N)c1. The summed E-state index contributed by atoms with van der Waals surface area (Å²) in [5, 5.41) is 2.86. The van der Waals surface area contributed by atoms with Crippen LogP contribution in [0.15, 0.2) is 24.3 Å². The molecule has 0 saturated heterocycles. The van der Waals surface area contributed by atoms with E-state index in [1.54, 1.807) is 7.11 Å². The molecule has 1 unspecified atom stereocenters. The lowest BCUT2D eigenvalue weighted by Gasteiger charge is -2.09. The number of carbonyl (C=O) groups excluding carboxylic acids is 1. The van der Waals surface area contributed by atoms with Crippen LogP contribution < -0.4 is 11.1 Å². The van der Waals surface area contributed by atoms with Crippen molar-refractivity contribution in [2.45, 2.75) is 32.4 Å². The monoisotopic (exact) mass is 280 g/mol. The van der Waals surface area contributed by atoms with Crippen LogP contribution in [0.3, 0.4) is 0 Å². The van der Waals surface area contributed by atoms with Crippen LogP contribution in [0.1, 0.15) is 25.3 Å². The van der Waals surface area contributed by atoms with E-state index in [1.807, 2.05) is 31.2 Å². The van der Waals surface area contributed by atoms with Crippen molar-refractivity contribution in [1.29, 1.82) is 0 Å². The zero-order valence-electron chi connectivity index (χ0n) is 12.2. The second kappa shape index (κ2) is 9.47. The number of hydrogen-bond donors (Lipinski definition) is 2. The molecule has 3 N–H and O–H groups in total. The molecule has 0 aliphatic rings. The molecule has 0 aliphatic carbocycles. The van der Waals surface area contributed by atoms with E-state index >= 15 is 0 Å². The molecule has 5 nitrogen and oxygen atoms in total. The average Bonchev–Trinajstić information content (AvgIpc) is 2.42. The fourth-order valence-corrected chi connectivity index (χ4v) is 1.65. The molecule has 1 atom stereocenters. The van der Waals surface area contributed by atoms with Gasteiger partial charge in [0.2, 0.25) is 5.91 Å². The minimum absolute atomic E-state index is 0.0141. The maximum absolute atomic E-state index is 11.7. The highest BCUT2D eigenvalue weighted by Crippen LogP contribution is 2.12. The molecule has 0 saturated carbocycles. The summed E-state index contributed by atoms with van der Waals surface area (Å²) in [6.45, 7) is 3.54. The summed E-state index contributed by atoms with van der Waals surface area (Å²) in [6.07, 6.45) is 1.12. The van der Waals surface area contributed by atoms with Crippen LogP contribution in [0.2, 0.25) is 0 Å². The number of nitrogens with two attached hydrogens (primary N) is 1. The van der Waals surface area contributed by atoms with E-state index in [-0.39, 0.29) is 11.9 Å². The third-order valence-electron chi connectivity index (χ3n) is 2.74. The lowest BCUT2D eigenvalue weighted by atomic mass is 10.1. The third-order valence-corrected chi connectivity index (χ3v) is 2.74. The average molecular weight is 280 g/mol. The number of anilines is 1. The van der Waals surface area contributed by atoms with Gasteiger partial charge in [0.05, 0.1) is 19.8 Å². The molecule has 0 spiro atoms. The van der Waals surface area contributed by atoms with Crippen molar-refractivity contribution in [2.24, 2.45) is 5.73 Å². The van der Waals surface area contributed by atoms with Gasteiger partial charge in [0, 0.05) is 25.3 Å². The Labute approximate surface area is 120 Å². The van der Waals surface area contributed by atoms with Gasteiger partial charge in [0.1, 0.15) is 0 Å². The molecule has 1 aromatic rings. The molecule has 0 heterocycles. The molecule has 5 heteroatoms. The van der Waals surface area contributed by atoms with Crippen molar-refractivity contribution in [2.75, 3.05) is 25.6 Å². The maximum Gasteiger partial charge on any atom is 0.224 e. The molecule has 0 aliphatic heterocycles. The second-order valence-electron chi connectivity index (χ2n) is 4.81. The van der Waals surface area contributed by atoms with Crippen LogP contribution in [-0.2, 0) is 20.9 Å². The molecule has 1 aromatic carbocycles. The summed E-state index contributed by atoms with van der Waals surface area (Å²) in [5.74, 6) is -0.0141. The van der Waals surface area contributed by atoms with Gasteiger partial charge in [-0.05, 0) is 31.0 Å². The molecule has 1 amide bonds. The minimum atomic E-state index is -0.0141. The molecular weight excluding hydrogens is 256 g/mol. The number of methoxy groups -OCH3 is 1. The summed E-state index contributed by atoms with van der Waals surface area (Å²) < 4.78 is 10.4. The van der Waals surface area contributed by atoms with E-state index in [0.717, 1.165) is 11.3 Å². The summed E-state index contributed by atoms with van der Waals surface area (Å²) in [6, 6.07) is 7.68. The van der Waals surface area contributed by atoms with E-state index in [9.17, 15) is 4.79 Å². The lowest BCUT2D eigenvalue weighted by molar-refractivity contribution is -0.116. The summed E-state index contributed by atoms with van der Waals surface area (Å²) in [4.78, 5) is 11.7. The third kappa shape index (κ3) is 7.23. The maximum atomic E-state index is 11.7. The van der Waals surface area contributed by atoms with Gasteiger partial charge in [-0.1, -0.05) is 12.1 Å². The fraction of sp³-hybridized carbons (Fsp3) is 0.533. The van der Waals surface area contributed by atoms with E-state index < -0.39 is 0 Å². The van der Waals surface area contributed by atoms with Gasteiger partial charge in [-0.3, -0.25) is 4.79 Å². The highest BCUT2D eigenvalue weighted by molar-refractivity contribution is 5.90. The lowest BCUT2D eigenvalue weighted by Crippen LogP contribution is -2.19. The molecule has 0 radical (unpaired) electrons.